The topological polar surface area (TPSA) is 48.8 Å². The largest absolute Gasteiger partial charge is 0.495 e. The third-order valence-electron chi connectivity index (χ3n) is 2.39. The first-order valence-electron chi connectivity index (χ1n) is 4.44. The number of nitriles is 1. The first-order chi connectivity index (χ1) is 7.19. The Hall–Kier alpha value is -1.66. The summed E-state index contributed by atoms with van der Waals surface area (Å²) < 4.78 is 5.11. The summed E-state index contributed by atoms with van der Waals surface area (Å²) in [6.07, 6.45) is 0. The number of hydrogen-bond acceptors (Lipinski definition) is 2. The quantitative estimate of drug-likeness (QED) is 0.803. The molecule has 0 aliphatic carbocycles. The Labute approximate surface area is 92.2 Å². The average molecular weight is 221 g/mol. The Balaban J connectivity index is 2.91. The molecule has 1 aromatic carbocycles. The number of H-pyrrole nitrogens is 1. The highest BCUT2D eigenvalue weighted by Gasteiger charge is 2.14. The van der Waals surface area contributed by atoms with Crippen LogP contribution in [0.4, 0.5) is 0 Å². The Morgan fingerprint density at radius 2 is 2.20 bits per heavy atom. The smallest absolute Gasteiger partial charge is 0.138 e. The molecular weight excluding hydrogens is 212 g/mol. The lowest BCUT2D eigenvalue weighted by Gasteiger charge is -2.03. The molecule has 2 rings (SSSR count). The zero-order valence-electron chi connectivity index (χ0n) is 8.39. The van der Waals surface area contributed by atoms with Gasteiger partial charge >= 0.3 is 0 Å². The molecule has 0 fully saturated rings. The van der Waals surface area contributed by atoms with E-state index in [1.165, 1.54) is 0 Å². The molecule has 0 saturated heterocycles. The lowest BCUT2D eigenvalue weighted by atomic mass is 10.1. The van der Waals surface area contributed by atoms with Crippen LogP contribution in [0.1, 0.15) is 11.3 Å². The van der Waals surface area contributed by atoms with E-state index >= 15 is 0 Å². The number of nitrogens with zero attached hydrogens (tertiary/aromatic N) is 1. The number of benzene rings is 1. The molecule has 4 heteroatoms. The van der Waals surface area contributed by atoms with Gasteiger partial charge in [0.25, 0.3) is 0 Å². The second-order valence-electron chi connectivity index (χ2n) is 3.24. The second-order valence-corrected chi connectivity index (χ2v) is 3.62. The molecule has 76 valence electrons. The number of halogens is 1. The van der Waals surface area contributed by atoms with Gasteiger partial charge in [0, 0.05) is 16.6 Å². The fourth-order valence-corrected chi connectivity index (χ4v) is 1.99. The van der Waals surface area contributed by atoms with E-state index in [2.05, 4.69) is 11.1 Å². The Kier molecular flexibility index (Phi) is 2.29. The lowest BCUT2D eigenvalue weighted by molar-refractivity contribution is 0.415. The van der Waals surface area contributed by atoms with Crippen molar-refractivity contribution in [2.45, 2.75) is 6.92 Å². The zero-order valence-corrected chi connectivity index (χ0v) is 9.14. The van der Waals surface area contributed by atoms with Gasteiger partial charge in [-0.2, -0.15) is 5.26 Å². The third kappa shape index (κ3) is 1.34. The average Bonchev–Trinajstić information content (AvgIpc) is 2.55. The third-order valence-corrected chi connectivity index (χ3v) is 2.76. The van der Waals surface area contributed by atoms with Crippen molar-refractivity contribution in [3.8, 4) is 11.8 Å². The summed E-state index contributed by atoms with van der Waals surface area (Å²) in [5, 5.41) is 10.2. The number of fused-ring (bicyclic) bond motifs is 1. The molecule has 1 N–H and O–H groups in total. The van der Waals surface area contributed by atoms with Crippen LogP contribution in [0.2, 0.25) is 5.02 Å². The van der Waals surface area contributed by atoms with Crippen molar-refractivity contribution in [1.82, 2.24) is 4.98 Å². The minimum atomic E-state index is 0.482. The van der Waals surface area contributed by atoms with E-state index in [9.17, 15) is 0 Å². The van der Waals surface area contributed by atoms with Gasteiger partial charge in [0.15, 0.2) is 0 Å². The SMILES string of the molecule is COc1ccc2[nH]c(C)c(C#N)c2c1Cl. The summed E-state index contributed by atoms with van der Waals surface area (Å²) >= 11 is 6.14. The highest BCUT2D eigenvalue weighted by Crippen LogP contribution is 2.35. The number of methoxy groups -OCH3 is 1. The monoisotopic (exact) mass is 220 g/mol. The van der Waals surface area contributed by atoms with Crippen molar-refractivity contribution in [3.63, 3.8) is 0 Å². The van der Waals surface area contributed by atoms with Crippen molar-refractivity contribution >= 4 is 22.5 Å². The van der Waals surface area contributed by atoms with E-state index in [-0.39, 0.29) is 0 Å². The number of aromatic nitrogens is 1. The van der Waals surface area contributed by atoms with Crippen LogP contribution in [-0.2, 0) is 0 Å². The molecule has 0 aliphatic rings. The van der Waals surface area contributed by atoms with Crippen LogP contribution in [0.15, 0.2) is 12.1 Å². The zero-order chi connectivity index (χ0) is 11.0. The van der Waals surface area contributed by atoms with Gasteiger partial charge in [-0.3, -0.25) is 0 Å². The van der Waals surface area contributed by atoms with Gasteiger partial charge in [-0.25, -0.2) is 0 Å². The minimum Gasteiger partial charge on any atom is -0.495 e. The molecular formula is C11H9ClN2O. The molecule has 0 unspecified atom stereocenters. The molecule has 1 aromatic heterocycles. The summed E-state index contributed by atoms with van der Waals surface area (Å²) in [7, 11) is 1.55. The molecule has 2 aromatic rings. The van der Waals surface area contributed by atoms with Gasteiger partial charge in [-0.1, -0.05) is 11.6 Å². The van der Waals surface area contributed by atoms with Crippen LogP contribution in [0.25, 0.3) is 10.9 Å². The maximum atomic E-state index is 9.02. The molecule has 0 radical (unpaired) electrons. The van der Waals surface area contributed by atoms with E-state index in [1.54, 1.807) is 13.2 Å². The molecule has 0 bridgehead atoms. The van der Waals surface area contributed by atoms with Gasteiger partial charge in [0.05, 0.1) is 17.7 Å². The first-order valence-corrected chi connectivity index (χ1v) is 4.81. The van der Waals surface area contributed by atoms with Gasteiger partial charge in [-0.05, 0) is 19.1 Å². The summed E-state index contributed by atoms with van der Waals surface area (Å²) in [6, 6.07) is 5.77. The lowest BCUT2D eigenvalue weighted by Crippen LogP contribution is -1.84. The summed E-state index contributed by atoms with van der Waals surface area (Å²) in [5.74, 6) is 0.583. The molecule has 0 spiro atoms. The van der Waals surface area contributed by atoms with Crippen LogP contribution < -0.4 is 4.74 Å². The second kappa shape index (κ2) is 3.48. The molecule has 1 heterocycles. The predicted molar refractivity (Wildman–Crippen MR) is 59.3 cm³/mol. The van der Waals surface area contributed by atoms with E-state index in [0.29, 0.717) is 16.3 Å². The molecule has 3 nitrogen and oxygen atoms in total. The van der Waals surface area contributed by atoms with E-state index in [4.69, 9.17) is 21.6 Å². The number of aryl methyl sites for hydroxylation is 1. The Bertz CT molecular complexity index is 566. The van der Waals surface area contributed by atoms with Gasteiger partial charge in [-0.15, -0.1) is 0 Å². The van der Waals surface area contributed by atoms with Crippen molar-refractivity contribution in [1.29, 1.82) is 5.26 Å². The normalized spacial score (nSPS) is 10.3. The van der Waals surface area contributed by atoms with Gasteiger partial charge in [0.2, 0.25) is 0 Å². The van der Waals surface area contributed by atoms with Crippen molar-refractivity contribution in [2.75, 3.05) is 7.11 Å². The van der Waals surface area contributed by atoms with Crippen molar-refractivity contribution in [3.05, 3.63) is 28.4 Å². The Morgan fingerprint density at radius 1 is 1.47 bits per heavy atom. The molecule has 0 amide bonds. The number of ether oxygens (including phenoxy) is 1. The summed E-state index contributed by atoms with van der Waals surface area (Å²) in [6.45, 7) is 1.85. The van der Waals surface area contributed by atoms with Gasteiger partial charge in [0.1, 0.15) is 11.8 Å². The minimum absolute atomic E-state index is 0.482. The van der Waals surface area contributed by atoms with Crippen LogP contribution in [0.3, 0.4) is 0 Å². The van der Waals surface area contributed by atoms with Gasteiger partial charge < -0.3 is 9.72 Å². The molecule has 0 aliphatic heterocycles. The van der Waals surface area contributed by atoms with Crippen LogP contribution >= 0.6 is 11.6 Å². The number of nitrogens with one attached hydrogen (secondary N) is 1. The van der Waals surface area contributed by atoms with Crippen molar-refractivity contribution in [2.24, 2.45) is 0 Å². The number of rotatable bonds is 1. The predicted octanol–water partition coefficient (Wildman–Crippen LogP) is 3.01. The standard InChI is InChI=1S/C11H9ClN2O/c1-6-7(5-13)10-8(14-6)3-4-9(15-2)11(10)12/h3-4,14H,1-2H3. The number of hydrogen-bond donors (Lipinski definition) is 1. The fourth-order valence-electron chi connectivity index (χ4n) is 1.65. The molecule has 0 atom stereocenters. The highest BCUT2D eigenvalue weighted by atomic mass is 35.5. The Morgan fingerprint density at radius 3 is 2.80 bits per heavy atom. The maximum Gasteiger partial charge on any atom is 0.138 e. The summed E-state index contributed by atoms with van der Waals surface area (Å²) in [4.78, 5) is 3.11. The summed E-state index contributed by atoms with van der Waals surface area (Å²) in [5.41, 5.74) is 2.26. The fraction of sp³-hybridized carbons (Fsp3) is 0.182. The van der Waals surface area contributed by atoms with Crippen LogP contribution in [-0.4, -0.2) is 12.1 Å². The van der Waals surface area contributed by atoms with Crippen LogP contribution in [0, 0.1) is 18.3 Å². The highest BCUT2D eigenvalue weighted by molar-refractivity contribution is 6.37. The van der Waals surface area contributed by atoms with E-state index in [0.717, 1.165) is 16.6 Å². The number of aromatic amines is 1. The van der Waals surface area contributed by atoms with Crippen molar-refractivity contribution < 1.29 is 4.74 Å². The molecule has 0 saturated carbocycles. The van der Waals surface area contributed by atoms with E-state index in [1.807, 2.05) is 13.0 Å². The maximum absolute atomic E-state index is 9.02. The molecule has 15 heavy (non-hydrogen) atoms. The first kappa shape index (κ1) is 9.88. The van der Waals surface area contributed by atoms with E-state index < -0.39 is 0 Å². The van der Waals surface area contributed by atoms with Crippen LogP contribution in [0.5, 0.6) is 5.75 Å².